The van der Waals surface area contributed by atoms with Crippen LogP contribution in [0.2, 0.25) is 0 Å². The predicted octanol–water partition coefficient (Wildman–Crippen LogP) is 0.911. The normalized spacial score (nSPS) is 14.6. The molecule has 0 unspecified atom stereocenters. The number of aromatic nitrogens is 3. The van der Waals surface area contributed by atoms with Crippen LogP contribution in [0.5, 0.6) is 0 Å². The van der Waals surface area contributed by atoms with Crippen LogP contribution >= 0.6 is 15.9 Å². The Balaban J connectivity index is 2.15. The van der Waals surface area contributed by atoms with Crippen molar-refractivity contribution in [3.8, 4) is 0 Å². The van der Waals surface area contributed by atoms with Gasteiger partial charge in [0.2, 0.25) is 5.03 Å². The lowest BCUT2D eigenvalue weighted by Crippen LogP contribution is -2.30. The molecule has 0 fully saturated rings. The number of anilines is 2. The van der Waals surface area contributed by atoms with Gasteiger partial charge in [-0.1, -0.05) is 11.3 Å². The van der Waals surface area contributed by atoms with Crippen molar-refractivity contribution in [1.82, 2.24) is 15.0 Å². The van der Waals surface area contributed by atoms with E-state index in [0.29, 0.717) is 24.3 Å². The molecule has 2 aromatic rings. The van der Waals surface area contributed by atoms with Crippen molar-refractivity contribution in [3.63, 3.8) is 0 Å². The lowest BCUT2D eigenvalue weighted by molar-refractivity contribution is 0.570. The fourth-order valence-corrected chi connectivity index (χ4v) is 4.92. The number of aryl methyl sites for hydroxylation is 1. The van der Waals surface area contributed by atoms with E-state index in [-0.39, 0.29) is 9.63 Å². The van der Waals surface area contributed by atoms with Gasteiger partial charge in [-0.2, -0.15) is 8.42 Å². The molecule has 0 radical (unpaired) electrons. The fraction of sp³-hybridized carbons (Fsp3) is 0.273. The van der Waals surface area contributed by atoms with Gasteiger partial charge in [-0.3, -0.25) is 4.31 Å². The van der Waals surface area contributed by atoms with Crippen molar-refractivity contribution in [3.05, 3.63) is 28.4 Å². The van der Waals surface area contributed by atoms with Crippen LogP contribution < -0.4 is 10.0 Å². The van der Waals surface area contributed by atoms with Crippen LogP contribution in [-0.4, -0.2) is 30.0 Å². The van der Waals surface area contributed by atoms with E-state index in [1.807, 2.05) is 0 Å². The molecule has 1 aliphatic heterocycles. The van der Waals surface area contributed by atoms with Gasteiger partial charge in [0.05, 0.1) is 5.69 Å². The molecular weight excluding hydrogens is 346 g/mol. The number of nitrogens with zero attached hydrogens (tertiary/aromatic N) is 4. The number of hydrogen-bond acceptors (Lipinski definition) is 5. The molecule has 1 aromatic carbocycles. The molecule has 0 atom stereocenters. The molecule has 0 aliphatic carbocycles. The first-order chi connectivity index (χ1) is 9.43. The van der Waals surface area contributed by atoms with E-state index in [4.69, 9.17) is 5.73 Å². The predicted molar refractivity (Wildman–Crippen MR) is 77.8 cm³/mol. The molecular formula is C11H12BrN5O2S. The average molecular weight is 358 g/mol. The van der Waals surface area contributed by atoms with Crippen LogP contribution in [0.1, 0.15) is 5.56 Å². The Morgan fingerprint density at radius 1 is 1.40 bits per heavy atom. The van der Waals surface area contributed by atoms with Crippen molar-refractivity contribution in [1.29, 1.82) is 0 Å². The van der Waals surface area contributed by atoms with Crippen LogP contribution in [0.15, 0.2) is 27.8 Å². The fourth-order valence-electron chi connectivity index (χ4n) is 2.38. The number of halogens is 1. The third-order valence-corrected chi connectivity index (χ3v) is 6.00. The number of sulfonamides is 1. The Bertz CT molecular complexity index is 767. The van der Waals surface area contributed by atoms with E-state index in [2.05, 4.69) is 26.2 Å². The van der Waals surface area contributed by atoms with Gasteiger partial charge in [-0.25, -0.2) is 4.68 Å². The van der Waals surface area contributed by atoms with E-state index >= 15 is 0 Å². The van der Waals surface area contributed by atoms with Crippen LogP contribution in [-0.2, 0) is 23.5 Å². The Morgan fingerprint density at radius 3 is 2.80 bits per heavy atom. The summed E-state index contributed by atoms with van der Waals surface area (Å²) in [5.41, 5.74) is 8.00. The molecule has 0 saturated carbocycles. The lowest BCUT2D eigenvalue weighted by Gasteiger charge is -2.19. The standard InChI is InChI=1S/C11H12BrN5O2S/c1-16-11(10(12)14-15-16)20(18,19)17-6-5-7-8(13)3-2-4-9(7)17/h2-4H,5-6,13H2,1H3. The molecule has 0 saturated heterocycles. The van der Waals surface area contributed by atoms with E-state index in [1.54, 1.807) is 25.2 Å². The van der Waals surface area contributed by atoms with Gasteiger partial charge < -0.3 is 5.73 Å². The van der Waals surface area contributed by atoms with Gasteiger partial charge >= 0.3 is 0 Å². The van der Waals surface area contributed by atoms with Crippen molar-refractivity contribution < 1.29 is 8.42 Å². The summed E-state index contributed by atoms with van der Waals surface area (Å²) in [4.78, 5) is 0. The highest BCUT2D eigenvalue weighted by Gasteiger charge is 2.35. The van der Waals surface area contributed by atoms with Crippen molar-refractivity contribution >= 4 is 37.3 Å². The van der Waals surface area contributed by atoms with E-state index in [9.17, 15) is 8.42 Å². The Morgan fingerprint density at radius 2 is 2.15 bits per heavy atom. The summed E-state index contributed by atoms with van der Waals surface area (Å²) >= 11 is 3.13. The maximum Gasteiger partial charge on any atom is 0.284 e. The molecule has 20 heavy (non-hydrogen) atoms. The molecule has 0 spiro atoms. The third-order valence-electron chi connectivity index (χ3n) is 3.29. The molecule has 9 heteroatoms. The Labute approximate surface area is 124 Å². The van der Waals surface area contributed by atoms with Crippen LogP contribution in [0.4, 0.5) is 11.4 Å². The lowest BCUT2D eigenvalue weighted by atomic mass is 10.1. The molecule has 3 rings (SSSR count). The molecule has 7 nitrogen and oxygen atoms in total. The van der Waals surface area contributed by atoms with Crippen LogP contribution in [0.3, 0.4) is 0 Å². The van der Waals surface area contributed by atoms with Crippen LogP contribution in [0, 0.1) is 0 Å². The SMILES string of the molecule is Cn1nnc(Br)c1S(=O)(=O)N1CCc2c(N)cccc21. The summed E-state index contributed by atoms with van der Waals surface area (Å²) in [6.45, 7) is 0.365. The van der Waals surface area contributed by atoms with Gasteiger partial charge in [-0.15, -0.1) is 5.10 Å². The first-order valence-corrected chi connectivity index (χ1v) is 8.11. The van der Waals surface area contributed by atoms with Gasteiger partial charge in [0.1, 0.15) is 0 Å². The number of nitrogen functional groups attached to an aromatic ring is 1. The largest absolute Gasteiger partial charge is 0.398 e. The number of fused-ring (bicyclic) bond motifs is 1. The third kappa shape index (κ3) is 1.80. The van der Waals surface area contributed by atoms with Gasteiger partial charge in [0.15, 0.2) is 4.60 Å². The summed E-state index contributed by atoms with van der Waals surface area (Å²) in [6, 6.07) is 5.28. The smallest absolute Gasteiger partial charge is 0.284 e. The monoisotopic (exact) mass is 357 g/mol. The summed E-state index contributed by atoms with van der Waals surface area (Å²) < 4.78 is 28.3. The second kappa shape index (κ2) is 4.45. The van der Waals surface area contributed by atoms with Crippen molar-refractivity contribution in [2.45, 2.75) is 11.4 Å². The minimum Gasteiger partial charge on any atom is -0.398 e. The van der Waals surface area contributed by atoms with Gasteiger partial charge in [-0.05, 0) is 34.5 Å². The Hall–Kier alpha value is -1.61. The number of benzene rings is 1. The molecule has 0 bridgehead atoms. The summed E-state index contributed by atoms with van der Waals surface area (Å²) in [5, 5.41) is 7.48. The topological polar surface area (TPSA) is 94.1 Å². The van der Waals surface area contributed by atoms with Crippen LogP contribution in [0.25, 0.3) is 0 Å². The highest BCUT2D eigenvalue weighted by Crippen LogP contribution is 2.36. The second-order valence-electron chi connectivity index (χ2n) is 4.48. The first-order valence-electron chi connectivity index (χ1n) is 5.88. The van der Waals surface area contributed by atoms with Crippen molar-refractivity contribution in [2.75, 3.05) is 16.6 Å². The van der Waals surface area contributed by atoms with Gasteiger partial charge in [0.25, 0.3) is 10.0 Å². The highest BCUT2D eigenvalue weighted by molar-refractivity contribution is 9.10. The maximum absolute atomic E-state index is 12.8. The molecule has 1 aromatic heterocycles. The molecule has 1 aliphatic rings. The molecule has 2 N–H and O–H groups in total. The second-order valence-corrected chi connectivity index (χ2v) is 7.01. The zero-order valence-electron chi connectivity index (χ0n) is 10.6. The molecule has 106 valence electrons. The van der Waals surface area contributed by atoms with Crippen molar-refractivity contribution in [2.24, 2.45) is 7.05 Å². The highest BCUT2D eigenvalue weighted by atomic mass is 79.9. The maximum atomic E-state index is 12.8. The summed E-state index contributed by atoms with van der Waals surface area (Å²) in [6.07, 6.45) is 0.601. The zero-order chi connectivity index (χ0) is 14.5. The Kier molecular flexibility index (Phi) is 2.98. The first kappa shape index (κ1) is 13.4. The van der Waals surface area contributed by atoms with E-state index in [1.165, 1.54) is 8.99 Å². The van der Waals surface area contributed by atoms with Gasteiger partial charge in [0, 0.05) is 24.8 Å². The number of rotatable bonds is 2. The van der Waals surface area contributed by atoms with E-state index in [0.717, 1.165) is 5.56 Å². The summed E-state index contributed by atoms with van der Waals surface area (Å²) in [7, 11) is -2.18. The minimum absolute atomic E-state index is 0.0350. The molecule has 2 heterocycles. The van der Waals surface area contributed by atoms with E-state index < -0.39 is 10.0 Å². The summed E-state index contributed by atoms with van der Waals surface area (Å²) in [5.74, 6) is 0. The average Bonchev–Trinajstić information content (AvgIpc) is 2.95. The number of hydrogen-bond donors (Lipinski definition) is 1. The zero-order valence-corrected chi connectivity index (χ0v) is 13.0. The minimum atomic E-state index is -3.72. The number of nitrogens with two attached hydrogens (primary N) is 1. The molecule has 0 amide bonds. The quantitative estimate of drug-likeness (QED) is 0.806.